The Kier molecular flexibility index (Phi) is 9.08. The first-order valence-electron chi connectivity index (χ1n) is 10.9. The molecular formula is C26H31N3O4. The molecule has 1 aromatic heterocycles. The van der Waals surface area contributed by atoms with E-state index in [2.05, 4.69) is 10.3 Å². The number of nitrogens with one attached hydrogen (secondary N) is 1. The van der Waals surface area contributed by atoms with Gasteiger partial charge in [0.25, 0.3) is 0 Å². The molecule has 0 aliphatic heterocycles. The second kappa shape index (κ2) is 12.5. The molecule has 174 valence electrons. The van der Waals surface area contributed by atoms with E-state index in [0.29, 0.717) is 19.6 Å². The van der Waals surface area contributed by atoms with Crippen molar-refractivity contribution < 1.29 is 19.0 Å². The van der Waals surface area contributed by atoms with Gasteiger partial charge >= 0.3 is 6.09 Å². The third-order valence-electron chi connectivity index (χ3n) is 5.11. The van der Waals surface area contributed by atoms with Crippen molar-refractivity contribution in [3.05, 3.63) is 89.7 Å². The molecule has 0 aliphatic carbocycles. The molecule has 3 rings (SSSR count). The first-order chi connectivity index (χ1) is 16.0. The number of pyridine rings is 1. The Labute approximate surface area is 195 Å². The van der Waals surface area contributed by atoms with Crippen LogP contribution >= 0.6 is 0 Å². The zero-order valence-electron chi connectivity index (χ0n) is 19.4. The number of rotatable bonds is 11. The molecule has 0 aliphatic rings. The summed E-state index contributed by atoms with van der Waals surface area (Å²) in [6, 6.07) is 21.3. The highest BCUT2D eigenvalue weighted by atomic mass is 16.6. The minimum Gasteiger partial charge on any atom is -0.497 e. The second-order valence-corrected chi connectivity index (χ2v) is 7.75. The van der Waals surface area contributed by atoms with Crippen molar-refractivity contribution in [3.8, 4) is 5.75 Å². The van der Waals surface area contributed by atoms with Crippen LogP contribution in [-0.4, -0.2) is 45.5 Å². The summed E-state index contributed by atoms with van der Waals surface area (Å²) in [6.07, 6.45) is 1.83. The zero-order chi connectivity index (χ0) is 23.5. The summed E-state index contributed by atoms with van der Waals surface area (Å²) in [5.74, 6) is 0.779. The van der Waals surface area contributed by atoms with Crippen LogP contribution in [0.3, 0.4) is 0 Å². The monoisotopic (exact) mass is 449 g/mol. The molecular weight excluding hydrogens is 418 g/mol. The van der Waals surface area contributed by atoms with E-state index in [1.54, 1.807) is 13.3 Å². The van der Waals surface area contributed by atoms with Crippen LogP contribution in [0.1, 0.15) is 22.9 Å². The van der Waals surface area contributed by atoms with Gasteiger partial charge in [-0.25, -0.2) is 4.79 Å². The lowest BCUT2D eigenvalue weighted by molar-refractivity contribution is 0.0623. The van der Waals surface area contributed by atoms with Crippen molar-refractivity contribution in [2.24, 2.45) is 0 Å². The van der Waals surface area contributed by atoms with Crippen molar-refractivity contribution in [1.82, 2.24) is 10.3 Å². The summed E-state index contributed by atoms with van der Waals surface area (Å²) in [5, 5.41) is 2.99. The molecule has 1 amide bonds. The number of ether oxygens (including phenoxy) is 3. The van der Waals surface area contributed by atoms with Crippen molar-refractivity contribution in [1.29, 1.82) is 0 Å². The molecule has 0 radical (unpaired) electrons. The van der Waals surface area contributed by atoms with Crippen LogP contribution in [-0.2, 0) is 22.5 Å². The van der Waals surface area contributed by atoms with Crippen molar-refractivity contribution in [3.63, 3.8) is 0 Å². The second-order valence-electron chi connectivity index (χ2n) is 7.75. The number of nitrogens with zero attached hydrogens (tertiary/aromatic N) is 2. The number of carbonyl (C=O) groups excluding carboxylic acids is 1. The van der Waals surface area contributed by atoms with Crippen LogP contribution < -0.4 is 15.0 Å². The average molecular weight is 450 g/mol. The molecule has 0 fully saturated rings. The lowest BCUT2D eigenvalue weighted by Crippen LogP contribution is -2.31. The van der Waals surface area contributed by atoms with Gasteiger partial charge in [-0.2, -0.15) is 0 Å². The summed E-state index contributed by atoms with van der Waals surface area (Å²) in [7, 11) is 5.63. The van der Waals surface area contributed by atoms with Crippen molar-refractivity contribution >= 4 is 11.8 Å². The molecule has 0 spiro atoms. The van der Waals surface area contributed by atoms with E-state index in [-0.39, 0.29) is 12.6 Å². The normalized spacial score (nSPS) is 11.5. The summed E-state index contributed by atoms with van der Waals surface area (Å²) in [4.78, 5) is 18.7. The molecule has 1 N–H and O–H groups in total. The van der Waals surface area contributed by atoms with Gasteiger partial charge < -0.3 is 24.4 Å². The molecule has 7 heteroatoms. The maximum atomic E-state index is 12.5. The minimum atomic E-state index is -0.485. The predicted molar refractivity (Wildman–Crippen MR) is 129 cm³/mol. The standard InChI is InChI=1S/C26H31N3O4/c1-29(2)23-12-10-21(11-13-23)25(18-20-7-6-9-24(17-20)31-3)28-26(30)33-16-15-32-19-22-8-4-5-14-27-22/h4-14,17,25H,15-16,18-19H2,1-3H3,(H,28,30). The van der Waals surface area contributed by atoms with E-state index < -0.39 is 6.09 Å². The number of hydrogen-bond acceptors (Lipinski definition) is 6. The highest BCUT2D eigenvalue weighted by Crippen LogP contribution is 2.23. The van der Waals surface area contributed by atoms with E-state index in [4.69, 9.17) is 14.2 Å². The Morgan fingerprint density at radius 1 is 1.03 bits per heavy atom. The fourth-order valence-corrected chi connectivity index (χ4v) is 3.33. The number of aromatic nitrogens is 1. The SMILES string of the molecule is COc1cccc(CC(NC(=O)OCCOCc2ccccn2)c2ccc(N(C)C)cc2)c1. The number of alkyl carbamates (subject to hydrolysis) is 1. The van der Waals surface area contributed by atoms with Gasteiger partial charge in [-0.05, 0) is 53.9 Å². The van der Waals surface area contributed by atoms with E-state index in [9.17, 15) is 4.79 Å². The third-order valence-corrected chi connectivity index (χ3v) is 5.11. The van der Waals surface area contributed by atoms with Gasteiger partial charge in [-0.1, -0.05) is 30.3 Å². The topological polar surface area (TPSA) is 72.9 Å². The molecule has 1 heterocycles. The summed E-state index contributed by atoms with van der Waals surface area (Å²) in [6.45, 7) is 0.828. The molecule has 7 nitrogen and oxygen atoms in total. The Morgan fingerprint density at radius 2 is 1.85 bits per heavy atom. The summed E-state index contributed by atoms with van der Waals surface area (Å²) in [5.41, 5.74) is 3.97. The molecule has 1 atom stereocenters. The van der Waals surface area contributed by atoms with Crippen molar-refractivity contribution in [2.75, 3.05) is 39.3 Å². The Morgan fingerprint density at radius 3 is 2.55 bits per heavy atom. The molecule has 0 bridgehead atoms. The molecule has 3 aromatic rings. The summed E-state index contributed by atoms with van der Waals surface area (Å²) < 4.78 is 16.2. The van der Waals surface area contributed by atoms with Crippen LogP contribution in [0.4, 0.5) is 10.5 Å². The van der Waals surface area contributed by atoms with Gasteiger partial charge in [0.15, 0.2) is 0 Å². The van der Waals surface area contributed by atoms with Gasteiger partial charge in [0.2, 0.25) is 0 Å². The highest BCUT2D eigenvalue weighted by molar-refractivity contribution is 5.68. The van der Waals surface area contributed by atoms with Crippen LogP contribution in [0, 0.1) is 0 Å². The lowest BCUT2D eigenvalue weighted by Gasteiger charge is -2.21. The number of methoxy groups -OCH3 is 1. The molecule has 2 aromatic carbocycles. The molecule has 0 saturated carbocycles. The van der Waals surface area contributed by atoms with Crippen LogP contribution in [0.2, 0.25) is 0 Å². The average Bonchev–Trinajstić information content (AvgIpc) is 2.84. The van der Waals surface area contributed by atoms with Gasteiger partial charge in [-0.15, -0.1) is 0 Å². The van der Waals surface area contributed by atoms with Gasteiger partial charge in [0.05, 0.1) is 32.1 Å². The molecule has 33 heavy (non-hydrogen) atoms. The van der Waals surface area contributed by atoms with E-state index in [1.165, 1.54) is 0 Å². The number of carbonyl (C=O) groups is 1. The third kappa shape index (κ3) is 7.80. The van der Waals surface area contributed by atoms with Crippen LogP contribution in [0.15, 0.2) is 72.9 Å². The van der Waals surface area contributed by atoms with Gasteiger partial charge in [0, 0.05) is 26.0 Å². The predicted octanol–water partition coefficient (Wildman–Crippen LogP) is 4.38. The quantitative estimate of drug-likeness (QED) is 0.438. The lowest BCUT2D eigenvalue weighted by atomic mass is 9.98. The van der Waals surface area contributed by atoms with Crippen LogP contribution in [0.25, 0.3) is 0 Å². The van der Waals surface area contributed by atoms with Gasteiger partial charge in [0.1, 0.15) is 12.4 Å². The van der Waals surface area contributed by atoms with E-state index in [1.807, 2.05) is 85.7 Å². The smallest absolute Gasteiger partial charge is 0.407 e. The first kappa shape index (κ1) is 24.1. The number of anilines is 1. The number of benzene rings is 2. The minimum absolute atomic E-state index is 0.157. The Bertz CT molecular complexity index is 994. The fourth-order valence-electron chi connectivity index (χ4n) is 3.33. The van der Waals surface area contributed by atoms with E-state index >= 15 is 0 Å². The van der Waals surface area contributed by atoms with Crippen molar-refractivity contribution in [2.45, 2.75) is 19.1 Å². The largest absolute Gasteiger partial charge is 0.497 e. The summed E-state index contributed by atoms with van der Waals surface area (Å²) >= 11 is 0. The fraction of sp³-hybridized carbons (Fsp3) is 0.308. The van der Waals surface area contributed by atoms with E-state index in [0.717, 1.165) is 28.3 Å². The van der Waals surface area contributed by atoms with Gasteiger partial charge in [-0.3, -0.25) is 4.98 Å². The maximum absolute atomic E-state index is 12.5. The van der Waals surface area contributed by atoms with Crippen LogP contribution in [0.5, 0.6) is 5.75 Å². The Balaban J connectivity index is 1.58. The number of amides is 1. The molecule has 0 saturated heterocycles. The first-order valence-corrected chi connectivity index (χ1v) is 10.9. The Hall–Kier alpha value is -3.58. The zero-order valence-corrected chi connectivity index (χ0v) is 19.4. The highest BCUT2D eigenvalue weighted by Gasteiger charge is 2.17. The molecule has 1 unspecified atom stereocenters. The number of hydrogen-bond donors (Lipinski definition) is 1. The maximum Gasteiger partial charge on any atom is 0.407 e.